The summed E-state index contributed by atoms with van der Waals surface area (Å²) in [5.74, 6) is 0. The van der Waals surface area contributed by atoms with E-state index in [0.717, 1.165) is 28.7 Å². The second kappa shape index (κ2) is 5.43. The number of thioether (sulfide) groups is 1. The molecule has 1 N–H and O–H groups in total. The predicted octanol–water partition coefficient (Wildman–Crippen LogP) is 1.73. The fourth-order valence-corrected chi connectivity index (χ4v) is 4.36. The number of aromatic nitrogens is 2. The van der Waals surface area contributed by atoms with E-state index in [2.05, 4.69) is 21.6 Å². The number of rotatable bonds is 4. The van der Waals surface area contributed by atoms with E-state index >= 15 is 0 Å². The van der Waals surface area contributed by atoms with E-state index in [4.69, 9.17) is 0 Å². The van der Waals surface area contributed by atoms with Gasteiger partial charge in [-0.15, -0.1) is 10.2 Å². The van der Waals surface area contributed by atoms with Crippen LogP contribution in [0.3, 0.4) is 0 Å². The van der Waals surface area contributed by atoms with Gasteiger partial charge in [-0.1, -0.05) is 23.1 Å². The summed E-state index contributed by atoms with van der Waals surface area (Å²) in [6.45, 7) is 0. The third-order valence-corrected chi connectivity index (χ3v) is 5.65. The summed E-state index contributed by atoms with van der Waals surface area (Å²) < 4.78 is 0.994. The molecule has 1 aromatic heterocycles. The van der Waals surface area contributed by atoms with Gasteiger partial charge in [-0.3, -0.25) is 0 Å². The molecule has 0 aromatic carbocycles. The molecule has 1 heterocycles. The first-order chi connectivity index (χ1) is 8.58. The van der Waals surface area contributed by atoms with Crippen LogP contribution in [0.1, 0.15) is 19.3 Å². The summed E-state index contributed by atoms with van der Waals surface area (Å²) in [5, 5.41) is 22.1. The first kappa shape index (κ1) is 13.6. The SMILES string of the molecule is CNC1(C#N)CCC(Sc2nnc(N(C)C)s2)C1. The Kier molecular flexibility index (Phi) is 4.10. The van der Waals surface area contributed by atoms with E-state index in [1.807, 2.05) is 26.0 Å². The lowest BCUT2D eigenvalue weighted by Gasteiger charge is -2.19. The average Bonchev–Trinajstić information content (AvgIpc) is 2.97. The minimum absolute atomic E-state index is 0.341. The van der Waals surface area contributed by atoms with Gasteiger partial charge in [0, 0.05) is 19.3 Å². The van der Waals surface area contributed by atoms with Crippen molar-refractivity contribution in [1.29, 1.82) is 5.26 Å². The topological polar surface area (TPSA) is 64.8 Å². The zero-order valence-electron chi connectivity index (χ0n) is 10.8. The number of hydrogen-bond acceptors (Lipinski definition) is 7. The van der Waals surface area contributed by atoms with E-state index in [1.54, 1.807) is 23.1 Å². The van der Waals surface area contributed by atoms with Crippen molar-refractivity contribution < 1.29 is 0 Å². The fourth-order valence-electron chi connectivity index (χ4n) is 2.06. The zero-order valence-corrected chi connectivity index (χ0v) is 12.4. The third-order valence-electron chi connectivity index (χ3n) is 3.21. The van der Waals surface area contributed by atoms with Crippen molar-refractivity contribution in [3.8, 4) is 6.07 Å². The van der Waals surface area contributed by atoms with Crippen LogP contribution in [0.2, 0.25) is 0 Å². The summed E-state index contributed by atoms with van der Waals surface area (Å²) in [6.07, 6.45) is 2.84. The highest BCUT2D eigenvalue weighted by Crippen LogP contribution is 2.41. The first-order valence-corrected chi connectivity index (χ1v) is 7.56. The Morgan fingerprint density at radius 3 is 2.83 bits per heavy atom. The Bertz CT molecular complexity index is 453. The second-order valence-electron chi connectivity index (χ2n) is 4.67. The Morgan fingerprint density at radius 1 is 1.56 bits per heavy atom. The molecular weight excluding hydrogens is 266 g/mol. The van der Waals surface area contributed by atoms with Crippen molar-refractivity contribution in [1.82, 2.24) is 15.5 Å². The molecule has 2 rings (SSSR count). The second-order valence-corrected chi connectivity index (χ2v) is 7.17. The van der Waals surface area contributed by atoms with Gasteiger partial charge >= 0.3 is 0 Å². The van der Waals surface area contributed by atoms with Crippen LogP contribution in [-0.4, -0.2) is 42.1 Å². The van der Waals surface area contributed by atoms with Crippen molar-refractivity contribution in [3.05, 3.63) is 0 Å². The third kappa shape index (κ3) is 2.76. The lowest BCUT2D eigenvalue weighted by molar-refractivity contribution is 0.464. The van der Waals surface area contributed by atoms with Gasteiger partial charge in [0.1, 0.15) is 5.54 Å². The first-order valence-electron chi connectivity index (χ1n) is 5.86. The lowest BCUT2D eigenvalue weighted by Crippen LogP contribution is -2.38. The quantitative estimate of drug-likeness (QED) is 0.908. The highest BCUT2D eigenvalue weighted by atomic mass is 32.2. The molecule has 1 fully saturated rings. The van der Waals surface area contributed by atoms with E-state index in [0.29, 0.717) is 5.25 Å². The molecule has 98 valence electrons. The molecule has 2 unspecified atom stereocenters. The molecular formula is C11H17N5S2. The van der Waals surface area contributed by atoms with Crippen LogP contribution in [0.5, 0.6) is 0 Å². The maximum Gasteiger partial charge on any atom is 0.208 e. The molecule has 5 nitrogen and oxygen atoms in total. The van der Waals surface area contributed by atoms with Gasteiger partial charge < -0.3 is 10.2 Å². The van der Waals surface area contributed by atoms with Crippen LogP contribution in [0.15, 0.2) is 4.34 Å². The molecule has 2 atom stereocenters. The molecule has 0 radical (unpaired) electrons. The Morgan fingerprint density at radius 2 is 2.33 bits per heavy atom. The van der Waals surface area contributed by atoms with E-state index in [-0.39, 0.29) is 5.54 Å². The molecule has 0 saturated heterocycles. The number of nitrogens with zero attached hydrogens (tertiary/aromatic N) is 4. The van der Waals surface area contributed by atoms with Crippen LogP contribution >= 0.6 is 23.1 Å². The summed E-state index contributed by atoms with van der Waals surface area (Å²) in [5.41, 5.74) is -0.341. The molecule has 1 aliphatic rings. The van der Waals surface area contributed by atoms with E-state index in [1.165, 1.54) is 0 Å². The monoisotopic (exact) mass is 283 g/mol. The summed E-state index contributed by atoms with van der Waals surface area (Å²) >= 11 is 3.36. The molecule has 18 heavy (non-hydrogen) atoms. The van der Waals surface area contributed by atoms with Gasteiger partial charge in [0.2, 0.25) is 5.13 Å². The highest BCUT2D eigenvalue weighted by Gasteiger charge is 2.38. The van der Waals surface area contributed by atoms with Gasteiger partial charge in [-0.2, -0.15) is 5.26 Å². The van der Waals surface area contributed by atoms with E-state index in [9.17, 15) is 5.26 Å². The summed E-state index contributed by atoms with van der Waals surface area (Å²) in [6, 6.07) is 2.40. The number of hydrogen-bond donors (Lipinski definition) is 1. The smallest absolute Gasteiger partial charge is 0.208 e. The van der Waals surface area contributed by atoms with Crippen molar-refractivity contribution in [2.75, 3.05) is 26.0 Å². The number of nitriles is 1. The van der Waals surface area contributed by atoms with Crippen molar-refractivity contribution in [2.24, 2.45) is 0 Å². The number of anilines is 1. The van der Waals surface area contributed by atoms with Gasteiger partial charge in [-0.25, -0.2) is 0 Å². The van der Waals surface area contributed by atoms with Crippen molar-refractivity contribution in [2.45, 2.75) is 34.4 Å². The Labute approximate surface area is 116 Å². The van der Waals surface area contributed by atoms with Crippen molar-refractivity contribution in [3.63, 3.8) is 0 Å². The van der Waals surface area contributed by atoms with Gasteiger partial charge in [-0.05, 0) is 26.3 Å². The van der Waals surface area contributed by atoms with Gasteiger partial charge in [0.15, 0.2) is 4.34 Å². The van der Waals surface area contributed by atoms with Crippen LogP contribution in [0, 0.1) is 11.3 Å². The maximum absolute atomic E-state index is 9.22. The molecule has 7 heteroatoms. The Balaban J connectivity index is 1.97. The predicted molar refractivity (Wildman–Crippen MR) is 75.1 cm³/mol. The normalized spacial score (nSPS) is 27.1. The minimum Gasteiger partial charge on any atom is -0.353 e. The molecule has 1 aromatic rings. The van der Waals surface area contributed by atoms with Crippen LogP contribution < -0.4 is 10.2 Å². The largest absolute Gasteiger partial charge is 0.353 e. The lowest BCUT2D eigenvalue weighted by atomic mass is 10.0. The van der Waals surface area contributed by atoms with Crippen molar-refractivity contribution >= 4 is 28.2 Å². The summed E-state index contributed by atoms with van der Waals surface area (Å²) in [7, 11) is 5.80. The van der Waals surface area contributed by atoms with Crippen LogP contribution in [-0.2, 0) is 0 Å². The fraction of sp³-hybridized carbons (Fsp3) is 0.727. The highest BCUT2D eigenvalue weighted by molar-refractivity contribution is 8.01. The van der Waals surface area contributed by atoms with Gasteiger partial charge in [0.25, 0.3) is 0 Å². The molecule has 0 amide bonds. The van der Waals surface area contributed by atoms with Gasteiger partial charge in [0.05, 0.1) is 6.07 Å². The molecule has 1 saturated carbocycles. The van der Waals surface area contributed by atoms with Crippen LogP contribution in [0.25, 0.3) is 0 Å². The Hall–Kier alpha value is -0.840. The number of nitrogens with one attached hydrogen (secondary N) is 1. The molecule has 0 spiro atoms. The molecule has 0 aliphatic heterocycles. The minimum atomic E-state index is -0.341. The summed E-state index contributed by atoms with van der Waals surface area (Å²) in [4.78, 5) is 1.96. The maximum atomic E-state index is 9.22. The van der Waals surface area contributed by atoms with E-state index < -0.39 is 0 Å². The molecule has 1 aliphatic carbocycles. The van der Waals surface area contributed by atoms with Crippen LogP contribution in [0.4, 0.5) is 5.13 Å². The standard InChI is InChI=1S/C11H17N5S2/c1-13-11(7-12)5-4-8(6-11)17-10-15-14-9(18-10)16(2)3/h8,13H,4-6H2,1-3H3. The average molecular weight is 283 g/mol. The zero-order chi connectivity index (χ0) is 13.2. The molecule has 0 bridgehead atoms.